The number of nitrogens with two attached hydrogens (primary N) is 1. The molecule has 0 aromatic carbocycles. The number of rotatable bonds is 6. The molecule has 0 spiro atoms. The fraction of sp³-hybridized carbons (Fsp3) is 0.941. The van der Waals surface area contributed by atoms with Crippen LogP contribution in [0.3, 0.4) is 0 Å². The van der Waals surface area contributed by atoms with Gasteiger partial charge in [-0.25, -0.2) is 12.7 Å². The molecule has 6 nitrogen and oxygen atoms in total. The van der Waals surface area contributed by atoms with Gasteiger partial charge in [0.25, 0.3) is 0 Å². The third kappa shape index (κ3) is 4.49. The summed E-state index contributed by atoms with van der Waals surface area (Å²) in [7, 11) is -1.50. The first kappa shape index (κ1) is 19.7. The Bertz CT molecular complexity index is 521. The zero-order valence-corrected chi connectivity index (χ0v) is 16.0. The molecule has 1 heterocycles. The van der Waals surface area contributed by atoms with Crippen LogP contribution in [-0.2, 0) is 14.8 Å². The predicted octanol–water partition coefficient (Wildman–Crippen LogP) is 1.56. The summed E-state index contributed by atoms with van der Waals surface area (Å²) in [5.41, 5.74) is 5.99. The maximum atomic E-state index is 12.7. The van der Waals surface area contributed by atoms with Crippen LogP contribution in [0.1, 0.15) is 58.3 Å². The Hall–Kier alpha value is -0.660. The maximum absolute atomic E-state index is 12.7. The van der Waals surface area contributed by atoms with E-state index in [0.29, 0.717) is 26.1 Å². The largest absolute Gasteiger partial charge is 0.343 e. The van der Waals surface area contributed by atoms with Crippen LogP contribution in [0, 0.1) is 5.41 Å². The summed E-state index contributed by atoms with van der Waals surface area (Å²) < 4.78 is 25.5. The van der Waals surface area contributed by atoms with Crippen molar-refractivity contribution in [2.45, 2.75) is 64.3 Å². The van der Waals surface area contributed by atoms with Crippen LogP contribution >= 0.6 is 0 Å². The van der Waals surface area contributed by atoms with Gasteiger partial charge in [0.2, 0.25) is 15.9 Å². The first-order chi connectivity index (χ1) is 11.3. The van der Waals surface area contributed by atoms with Crippen molar-refractivity contribution < 1.29 is 13.2 Å². The van der Waals surface area contributed by atoms with Crippen molar-refractivity contribution in [2.75, 3.05) is 32.4 Å². The molecule has 1 aliphatic carbocycles. The van der Waals surface area contributed by atoms with E-state index in [1.165, 1.54) is 23.6 Å². The van der Waals surface area contributed by atoms with Crippen molar-refractivity contribution in [3.05, 3.63) is 0 Å². The first-order valence-corrected chi connectivity index (χ1v) is 10.9. The van der Waals surface area contributed by atoms with Gasteiger partial charge in [0.15, 0.2) is 0 Å². The van der Waals surface area contributed by atoms with Crippen molar-refractivity contribution in [2.24, 2.45) is 11.1 Å². The molecule has 0 aromatic heterocycles. The van der Waals surface area contributed by atoms with E-state index in [4.69, 9.17) is 5.73 Å². The molecule has 0 aromatic rings. The summed E-state index contributed by atoms with van der Waals surface area (Å²) in [5, 5.41) is 0. The van der Waals surface area contributed by atoms with Crippen LogP contribution in [-0.4, -0.2) is 62.0 Å². The molecular weight excluding hydrogens is 326 g/mol. The average molecular weight is 360 g/mol. The van der Waals surface area contributed by atoms with Crippen LogP contribution in [0.25, 0.3) is 0 Å². The van der Waals surface area contributed by atoms with Crippen molar-refractivity contribution in [3.8, 4) is 0 Å². The molecule has 140 valence electrons. The van der Waals surface area contributed by atoms with Crippen molar-refractivity contribution in [1.29, 1.82) is 0 Å². The van der Waals surface area contributed by atoms with Gasteiger partial charge in [-0.3, -0.25) is 4.79 Å². The van der Waals surface area contributed by atoms with Gasteiger partial charge in [-0.05, 0) is 44.6 Å². The van der Waals surface area contributed by atoms with Gasteiger partial charge in [0.1, 0.15) is 0 Å². The highest BCUT2D eigenvalue weighted by molar-refractivity contribution is 7.89. The van der Waals surface area contributed by atoms with Crippen LogP contribution in [0.5, 0.6) is 0 Å². The second-order valence-electron chi connectivity index (χ2n) is 7.47. The Balaban J connectivity index is 1.88. The average Bonchev–Trinajstić information content (AvgIpc) is 2.62. The highest BCUT2D eigenvalue weighted by Gasteiger charge is 2.36. The summed E-state index contributed by atoms with van der Waals surface area (Å²) in [5.74, 6) is 0.323. The number of carbonyl (C=O) groups excluding carboxylic acids is 1. The number of piperidine rings is 1. The lowest BCUT2D eigenvalue weighted by molar-refractivity contribution is -0.135. The molecular formula is C17H33N3O3S. The van der Waals surface area contributed by atoms with E-state index in [0.717, 1.165) is 25.7 Å². The maximum Gasteiger partial charge on any atom is 0.223 e. The Morgan fingerprint density at radius 1 is 1.21 bits per heavy atom. The van der Waals surface area contributed by atoms with Crippen molar-refractivity contribution in [1.82, 2.24) is 9.21 Å². The van der Waals surface area contributed by atoms with Crippen LogP contribution in [0.15, 0.2) is 0 Å². The van der Waals surface area contributed by atoms with Gasteiger partial charge in [-0.1, -0.05) is 19.3 Å². The number of nitrogens with zero attached hydrogens (tertiary/aromatic N) is 2. The minimum atomic E-state index is -3.16. The monoisotopic (exact) mass is 359 g/mol. The topological polar surface area (TPSA) is 83.7 Å². The molecule has 2 rings (SSSR count). The van der Waals surface area contributed by atoms with Gasteiger partial charge < -0.3 is 10.6 Å². The molecule has 7 heteroatoms. The molecule has 1 saturated heterocycles. The second kappa shape index (κ2) is 8.15. The third-order valence-electron chi connectivity index (χ3n) is 6.01. The summed E-state index contributed by atoms with van der Waals surface area (Å²) >= 11 is 0. The van der Waals surface area contributed by atoms with E-state index in [9.17, 15) is 13.2 Å². The summed E-state index contributed by atoms with van der Waals surface area (Å²) in [6, 6.07) is 0.0112. The standard InChI is InChI=1S/C17H33N3O3S/c1-3-24(22,23)19(2)15-7-11-20(12-8-15)16(21)13-17(14-18)9-5-4-6-10-17/h15H,3-14,18H2,1-2H3. The highest BCUT2D eigenvalue weighted by atomic mass is 32.2. The minimum absolute atomic E-state index is 0.00543. The fourth-order valence-corrected chi connectivity index (χ4v) is 5.17. The van der Waals surface area contributed by atoms with E-state index < -0.39 is 10.0 Å². The van der Waals surface area contributed by atoms with Gasteiger partial charge >= 0.3 is 0 Å². The number of carbonyl (C=O) groups is 1. The van der Waals surface area contributed by atoms with E-state index in [2.05, 4.69) is 0 Å². The molecule has 2 N–H and O–H groups in total. The molecule has 0 unspecified atom stereocenters. The van der Waals surface area contributed by atoms with Gasteiger partial charge in [0, 0.05) is 32.6 Å². The minimum Gasteiger partial charge on any atom is -0.343 e. The van der Waals surface area contributed by atoms with E-state index in [-0.39, 0.29) is 23.1 Å². The van der Waals surface area contributed by atoms with Crippen molar-refractivity contribution in [3.63, 3.8) is 0 Å². The number of likely N-dealkylation sites (tertiary alicyclic amines) is 1. The number of hydrogen-bond acceptors (Lipinski definition) is 4. The zero-order valence-electron chi connectivity index (χ0n) is 15.2. The fourth-order valence-electron chi connectivity index (χ4n) is 4.10. The Morgan fingerprint density at radius 2 is 1.79 bits per heavy atom. The molecule has 1 amide bonds. The van der Waals surface area contributed by atoms with E-state index in [1.54, 1.807) is 14.0 Å². The normalized spacial score (nSPS) is 22.8. The molecule has 0 atom stereocenters. The van der Waals surface area contributed by atoms with Gasteiger partial charge in [-0.15, -0.1) is 0 Å². The predicted molar refractivity (Wildman–Crippen MR) is 96.0 cm³/mol. The Labute approximate surface area is 146 Å². The smallest absolute Gasteiger partial charge is 0.223 e. The van der Waals surface area contributed by atoms with E-state index >= 15 is 0 Å². The van der Waals surface area contributed by atoms with Gasteiger partial charge in [-0.2, -0.15) is 0 Å². The molecule has 2 aliphatic rings. The number of hydrogen-bond donors (Lipinski definition) is 1. The van der Waals surface area contributed by atoms with E-state index in [1.807, 2.05) is 4.90 Å². The van der Waals surface area contributed by atoms with Crippen LogP contribution < -0.4 is 5.73 Å². The summed E-state index contributed by atoms with van der Waals surface area (Å²) in [6.07, 6.45) is 7.70. The van der Waals surface area contributed by atoms with Gasteiger partial charge in [0.05, 0.1) is 5.75 Å². The second-order valence-corrected chi connectivity index (χ2v) is 9.79. The lowest BCUT2D eigenvalue weighted by atomic mass is 9.71. The molecule has 24 heavy (non-hydrogen) atoms. The molecule has 2 fully saturated rings. The Kier molecular flexibility index (Phi) is 6.67. The quantitative estimate of drug-likeness (QED) is 0.780. The summed E-state index contributed by atoms with van der Waals surface area (Å²) in [4.78, 5) is 14.6. The molecule has 1 saturated carbocycles. The zero-order chi connectivity index (χ0) is 17.8. The summed E-state index contributed by atoms with van der Waals surface area (Å²) in [6.45, 7) is 3.55. The van der Waals surface area contributed by atoms with Crippen LogP contribution in [0.2, 0.25) is 0 Å². The van der Waals surface area contributed by atoms with Crippen LogP contribution in [0.4, 0.5) is 0 Å². The molecule has 0 radical (unpaired) electrons. The number of amides is 1. The molecule has 0 bridgehead atoms. The highest BCUT2D eigenvalue weighted by Crippen LogP contribution is 2.39. The SMILES string of the molecule is CCS(=O)(=O)N(C)C1CCN(C(=O)CC2(CN)CCCCC2)CC1. The number of sulfonamides is 1. The lowest BCUT2D eigenvalue weighted by Gasteiger charge is -2.40. The molecule has 1 aliphatic heterocycles. The third-order valence-corrected chi connectivity index (χ3v) is 7.91. The lowest BCUT2D eigenvalue weighted by Crippen LogP contribution is -2.49. The first-order valence-electron chi connectivity index (χ1n) is 9.27. The van der Waals surface area contributed by atoms with Crippen molar-refractivity contribution >= 4 is 15.9 Å². The Morgan fingerprint density at radius 3 is 2.29 bits per heavy atom.